The van der Waals surface area contributed by atoms with Crippen molar-refractivity contribution in [3.8, 4) is 17.1 Å². The van der Waals surface area contributed by atoms with Gasteiger partial charge in [0.2, 0.25) is 0 Å². The van der Waals surface area contributed by atoms with Crippen LogP contribution in [0.2, 0.25) is 0 Å². The normalized spacial score (nSPS) is 11.1. The highest BCUT2D eigenvalue weighted by Gasteiger charge is 2.18. The fraction of sp³-hybridized carbons (Fsp3) is 0.250. The van der Waals surface area contributed by atoms with Crippen LogP contribution in [-0.4, -0.2) is 11.7 Å². The van der Waals surface area contributed by atoms with Gasteiger partial charge in [0.15, 0.2) is 5.43 Å². The molecule has 0 unspecified atom stereocenters. The molecule has 0 bridgehead atoms. The first kappa shape index (κ1) is 16.3. The zero-order valence-corrected chi connectivity index (χ0v) is 13.9. The highest BCUT2D eigenvalue weighted by molar-refractivity contribution is 5.85. The Balaban J connectivity index is 2.34. The second-order valence-electron chi connectivity index (χ2n) is 5.68. The molecular weight excluding hydrogens is 302 g/mol. The van der Waals surface area contributed by atoms with Gasteiger partial charge in [0.25, 0.3) is 0 Å². The highest BCUT2D eigenvalue weighted by atomic mass is 16.3. The first-order valence-electron chi connectivity index (χ1n) is 8.24. The average Bonchev–Trinajstić information content (AvgIpc) is 2.61. The fourth-order valence-corrected chi connectivity index (χ4v) is 2.91. The number of aromatic hydroxyl groups is 1. The van der Waals surface area contributed by atoms with Gasteiger partial charge in [-0.05, 0) is 25.1 Å². The number of hydrogen-bond acceptors (Lipinski definition) is 4. The Labute approximate surface area is 140 Å². The summed E-state index contributed by atoms with van der Waals surface area (Å²) in [4.78, 5) is 12.9. The molecule has 1 heterocycles. The lowest BCUT2D eigenvalue weighted by atomic mass is 10.0. The van der Waals surface area contributed by atoms with Gasteiger partial charge in [-0.15, -0.1) is 0 Å². The maximum atomic E-state index is 12.9. The number of phenols is 1. The minimum absolute atomic E-state index is 0.0321. The summed E-state index contributed by atoms with van der Waals surface area (Å²) in [6, 6.07) is 12.8. The summed E-state index contributed by atoms with van der Waals surface area (Å²) in [5, 5.41) is 13.9. The quantitative estimate of drug-likeness (QED) is 0.749. The molecule has 0 saturated carbocycles. The van der Waals surface area contributed by atoms with Gasteiger partial charge in [-0.25, -0.2) is 0 Å². The zero-order valence-electron chi connectivity index (χ0n) is 13.9. The van der Waals surface area contributed by atoms with Crippen molar-refractivity contribution in [3.63, 3.8) is 0 Å². The molecule has 0 atom stereocenters. The van der Waals surface area contributed by atoms with Gasteiger partial charge >= 0.3 is 0 Å². The summed E-state index contributed by atoms with van der Waals surface area (Å²) in [5.74, 6) is 0.716. The van der Waals surface area contributed by atoms with Crippen molar-refractivity contribution < 1.29 is 9.52 Å². The molecule has 0 amide bonds. The lowest BCUT2D eigenvalue weighted by Crippen LogP contribution is -2.15. The number of hydrogen-bond donors (Lipinski definition) is 2. The zero-order chi connectivity index (χ0) is 17.1. The maximum absolute atomic E-state index is 12.9. The fourth-order valence-electron chi connectivity index (χ4n) is 2.91. The van der Waals surface area contributed by atoms with Crippen LogP contribution in [0.1, 0.15) is 25.0 Å². The largest absolute Gasteiger partial charge is 0.507 e. The third-order valence-electron chi connectivity index (χ3n) is 4.17. The molecule has 0 aliphatic rings. The van der Waals surface area contributed by atoms with Crippen molar-refractivity contribution >= 4 is 11.0 Å². The predicted molar refractivity (Wildman–Crippen MR) is 96.3 cm³/mol. The van der Waals surface area contributed by atoms with Gasteiger partial charge in [-0.3, -0.25) is 4.79 Å². The Kier molecular flexibility index (Phi) is 4.67. The van der Waals surface area contributed by atoms with Crippen LogP contribution in [0.3, 0.4) is 0 Å². The van der Waals surface area contributed by atoms with E-state index in [2.05, 4.69) is 5.32 Å². The number of benzene rings is 2. The molecule has 3 aromatic rings. The van der Waals surface area contributed by atoms with E-state index >= 15 is 0 Å². The Morgan fingerprint density at radius 2 is 1.79 bits per heavy atom. The van der Waals surface area contributed by atoms with E-state index in [0.717, 1.165) is 12.1 Å². The Bertz CT molecular complexity index is 914. The van der Waals surface area contributed by atoms with Crippen LogP contribution in [0.15, 0.2) is 51.7 Å². The number of fused-ring (bicyclic) bond motifs is 1. The molecule has 0 fully saturated rings. The maximum Gasteiger partial charge on any atom is 0.196 e. The molecule has 0 saturated heterocycles. The lowest BCUT2D eigenvalue weighted by molar-refractivity contribution is 0.463. The Hall–Kier alpha value is -2.59. The Morgan fingerprint density at radius 1 is 1.04 bits per heavy atom. The smallest absolute Gasteiger partial charge is 0.196 e. The van der Waals surface area contributed by atoms with E-state index in [1.807, 2.05) is 44.2 Å². The summed E-state index contributed by atoms with van der Waals surface area (Å²) in [5.41, 5.74) is 2.57. The first-order valence-corrected chi connectivity index (χ1v) is 8.24. The van der Waals surface area contributed by atoms with E-state index in [9.17, 15) is 9.90 Å². The van der Waals surface area contributed by atoms with Crippen molar-refractivity contribution in [2.45, 2.75) is 26.8 Å². The molecule has 0 spiro atoms. The van der Waals surface area contributed by atoms with Crippen LogP contribution in [0.5, 0.6) is 5.75 Å². The molecule has 124 valence electrons. The van der Waals surface area contributed by atoms with E-state index in [-0.39, 0.29) is 11.2 Å². The van der Waals surface area contributed by atoms with Crippen LogP contribution in [0.4, 0.5) is 0 Å². The molecule has 0 radical (unpaired) electrons. The summed E-state index contributed by atoms with van der Waals surface area (Å²) in [6.45, 7) is 5.15. The van der Waals surface area contributed by atoms with Gasteiger partial charge in [-0.1, -0.05) is 44.2 Å². The van der Waals surface area contributed by atoms with Gasteiger partial charge in [-0.2, -0.15) is 0 Å². The van der Waals surface area contributed by atoms with Crippen molar-refractivity contribution in [1.82, 2.24) is 5.32 Å². The van der Waals surface area contributed by atoms with Gasteiger partial charge in [0.1, 0.15) is 17.1 Å². The summed E-state index contributed by atoms with van der Waals surface area (Å²) in [6.07, 6.45) is 0.589. The minimum atomic E-state index is -0.0321. The Morgan fingerprint density at radius 3 is 2.46 bits per heavy atom. The highest BCUT2D eigenvalue weighted by Crippen LogP contribution is 2.31. The van der Waals surface area contributed by atoms with Gasteiger partial charge in [0, 0.05) is 17.7 Å². The molecule has 1 aromatic heterocycles. The molecule has 0 aliphatic heterocycles. The van der Waals surface area contributed by atoms with Crippen LogP contribution in [0.25, 0.3) is 22.3 Å². The molecule has 3 rings (SSSR count). The number of nitrogens with one attached hydrogen (secondary N) is 1. The van der Waals surface area contributed by atoms with Gasteiger partial charge < -0.3 is 14.8 Å². The second kappa shape index (κ2) is 6.89. The second-order valence-corrected chi connectivity index (χ2v) is 5.68. The van der Waals surface area contributed by atoms with E-state index in [1.54, 1.807) is 12.1 Å². The van der Waals surface area contributed by atoms with Crippen molar-refractivity contribution in [1.29, 1.82) is 0 Å². The third kappa shape index (κ3) is 2.81. The molecule has 24 heavy (non-hydrogen) atoms. The molecule has 4 heteroatoms. The topological polar surface area (TPSA) is 62.5 Å². The van der Waals surface area contributed by atoms with Crippen LogP contribution in [-0.2, 0) is 13.0 Å². The monoisotopic (exact) mass is 323 g/mol. The SMILES string of the molecule is CCNCc1c(O)ccc2c(=O)c(CC)c(-c3ccccc3)oc12. The lowest BCUT2D eigenvalue weighted by Gasteiger charge is -2.13. The van der Waals surface area contributed by atoms with Gasteiger partial charge in [0.05, 0.1) is 10.9 Å². The third-order valence-corrected chi connectivity index (χ3v) is 4.17. The summed E-state index contributed by atoms with van der Waals surface area (Å²) >= 11 is 0. The summed E-state index contributed by atoms with van der Waals surface area (Å²) in [7, 11) is 0. The predicted octanol–water partition coefficient (Wildman–Crippen LogP) is 3.84. The van der Waals surface area contributed by atoms with Crippen molar-refractivity contribution in [2.24, 2.45) is 0 Å². The van der Waals surface area contributed by atoms with Crippen LogP contribution in [0, 0.1) is 0 Å². The van der Waals surface area contributed by atoms with E-state index in [4.69, 9.17) is 4.42 Å². The first-order chi connectivity index (χ1) is 11.7. The molecule has 4 nitrogen and oxygen atoms in total. The van der Waals surface area contributed by atoms with Crippen molar-refractivity contribution in [2.75, 3.05) is 6.54 Å². The average molecular weight is 323 g/mol. The number of rotatable bonds is 5. The molecule has 2 aromatic carbocycles. The standard InChI is InChI=1S/C20H21NO3/c1-3-14-18(23)15-10-11-17(22)16(12-21-4-2)20(15)24-19(14)13-8-6-5-7-9-13/h5-11,21-22H,3-4,12H2,1-2H3. The molecular formula is C20H21NO3. The van der Waals surface area contributed by atoms with E-state index < -0.39 is 0 Å². The van der Waals surface area contributed by atoms with E-state index in [0.29, 0.717) is 40.8 Å². The van der Waals surface area contributed by atoms with E-state index in [1.165, 1.54) is 0 Å². The summed E-state index contributed by atoms with van der Waals surface area (Å²) < 4.78 is 6.16. The number of phenolic OH excluding ortho intramolecular Hbond substituents is 1. The van der Waals surface area contributed by atoms with Crippen LogP contribution >= 0.6 is 0 Å². The molecule has 2 N–H and O–H groups in total. The van der Waals surface area contributed by atoms with Crippen LogP contribution < -0.4 is 10.7 Å². The molecule has 0 aliphatic carbocycles. The van der Waals surface area contributed by atoms with Crippen molar-refractivity contribution in [3.05, 3.63) is 63.8 Å². The minimum Gasteiger partial charge on any atom is -0.507 e.